The van der Waals surface area contributed by atoms with Crippen LogP contribution in [0.1, 0.15) is 46.5 Å². The van der Waals surface area contributed by atoms with Crippen LogP contribution in [0.15, 0.2) is 22.9 Å². The van der Waals surface area contributed by atoms with Crippen LogP contribution in [0.3, 0.4) is 0 Å². The minimum Gasteiger partial charge on any atom is -0.481 e. The van der Waals surface area contributed by atoms with E-state index in [1.807, 2.05) is 22.9 Å². The number of fused-ring (bicyclic) bond motifs is 2. The standard InChI is InChI=1S/C12H20O2.C4H4S/c1-11(2)8-4-5-12(3,7-10(13)14)9(11)6-8;1-2-4-5-3-1/h8-9H,4-7H2,1-3H3,(H,13,14);1-4H. The van der Waals surface area contributed by atoms with Gasteiger partial charge in [0.2, 0.25) is 0 Å². The van der Waals surface area contributed by atoms with Gasteiger partial charge in [-0.15, -0.1) is 0 Å². The molecule has 3 aliphatic carbocycles. The summed E-state index contributed by atoms with van der Waals surface area (Å²) >= 11 is 1.71. The molecule has 0 radical (unpaired) electrons. The molecule has 1 aromatic heterocycles. The van der Waals surface area contributed by atoms with Gasteiger partial charge in [-0.1, -0.05) is 32.9 Å². The van der Waals surface area contributed by atoms with Gasteiger partial charge in [-0.25, -0.2) is 0 Å². The molecule has 3 atom stereocenters. The molecule has 3 fully saturated rings. The molecule has 106 valence electrons. The zero-order valence-electron chi connectivity index (χ0n) is 12.1. The lowest BCUT2D eigenvalue weighted by molar-refractivity contribution is -0.167. The number of carboxylic acids is 1. The first-order valence-corrected chi connectivity index (χ1v) is 7.99. The van der Waals surface area contributed by atoms with Crippen molar-refractivity contribution in [1.29, 1.82) is 0 Å². The van der Waals surface area contributed by atoms with Crippen molar-refractivity contribution in [2.24, 2.45) is 22.7 Å². The molecular formula is C16H24O2S. The Morgan fingerprint density at radius 2 is 1.95 bits per heavy atom. The van der Waals surface area contributed by atoms with Crippen LogP contribution in [0, 0.1) is 22.7 Å². The monoisotopic (exact) mass is 280 g/mol. The van der Waals surface area contributed by atoms with E-state index in [0.717, 1.165) is 12.3 Å². The van der Waals surface area contributed by atoms with Crippen molar-refractivity contribution in [3.05, 3.63) is 22.9 Å². The molecule has 3 aliphatic rings. The summed E-state index contributed by atoms with van der Waals surface area (Å²) in [6.45, 7) is 6.79. The second kappa shape index (κ2) is 5.28. The number of carboxylic acid groups (broad SMARTS) is 1. The van der Waals surface area contributed by atoms with Crippen molar-refractivity contribution in [3.63, 3.8) is 0 Å². The fourth-order valence-electron chi connectivity index (χ4n) is 4.15. The molecule has 3 saturated carbocycles. The summed E-state index contributed by atoms with van der Waals surface area (Å²) in [4.78, 5) is 10.8. The van der Waals surface area contributed by atoms with E-state index in [0.29, 0.717) is 17.8 Å². The third-order valence-corrected chi connectivity index (χ3v) is 5.98. The van der Waals surface area contributed by atoms with E-state index in [4.69, 9.17) is 5.11 Å². The van der Waals surface area contributed by atoms with E-state index in [1.54, 1.807) is 11.3 Å². The Morgan fingerprint density at radius 1 is 1.32 bits per heavy atom. The van der Waals surface area contributed by atoms with Crippen LogP contribution in [0.2, 0.25) is 0 Å². The Morgan fingerprint density at radius 3 is 2.32 bits per heavy atom. The van der Waals surface area contributed by atoms with Gasteiger partial charge < -0.3 is 5.11 Å². The predicted octanol–water partition coefficient (Wildman–Crippen LogP) is 4.67. The summed E-state index contributed by atoms with van der Waals surface area (Å²) < 4.78 is 0. The van der Waals surface area contributed by atoms with Crippen molar-refractivity contribution >= 4 is 17.3 Å². The highest BCUT2D eigenvalue weighted by atomic mass is 32.1. The Hall–Kier alpha value is -0.830. The lowest BCUT2D eigenvalue weighted by atomic mass is 9.40. The fourth-order valence-corrected chi connectivity index (χ4v) is 4.60. The average molecular weight is 280 g/mol. The molecule has 0 aromatic carbocycles. The van der Waals surface area contributed by atoms with Crippen LogP contribution in [0.5, 0.6) is 0 Å². The molecule has 1 N–H and O–H groups in total. The van der Waals surface area contributed by atoms with Gasteiger partial charge in [-0.2, -0.15) is 11.3 Å². The molecule has 3 heteroatoms. The van der Waals surface area contributed by atoms with Crippen LogP contribution in [-0.4, -0.2) is 11.1 Å². The highest BCUT2D eigenvalue weighted by molar-refractivity contribution is 7.07. The summed E-state index contributed by atoms with van der Waals surface area (Å²) in [5.41, 5.74) is 0.451. The minimum atomic E-state index is -0.631. The lowest BCUT2D eigenvalue weighted by Crippen LogP contribution is -2.57. The van der Waals surface area contributed by atoms with Crippen molar-refractivity contribution in [2.75, 3.05) is 0 Å². The first kappa shape index (κ1) is 14.6. The molecule has 0 aliphatic heterocycles. The maximum absolute atomic E-state index is 10.8. The van der Waals surface area contributed by atoms with Gasteiger partial charge in [0, 0.05) is 0 Å². The summed E-state index contributed by atoms with van der Waals surface area (Å²) in [5, 5.41) is 13.0. The molecule has 1 aromatic rings. The van der Waals surface area contributed by atoms with Crippen molar-refractivity contribution in [1.82, 2.24) is 0 Å². The quantitative estimate of drug-likeness (QED) is 0.854. The minimum absolute atomic E-state index is 0.0596. The molecule has 3 unspecified atom stereocenters. The van der Waals surface area contributed by atoms with Gasteiger partial charge in [0.25, 0.3) is 0 Å². The number of thiophene rings is 1. The highest BCUT2D eigenvalue weighted by Crippen LogP contribution is 2.66. The molecule has 4 rings (SSSR count). The van der Waals surface area contributed by atoms with Crippen LogP contribution in [-0.2, 0) is 4.79 Å². The first-order chi connectivity index (χ1) is 8.86. The molecule has 2 nitrogen and oxygen atoms in total. The average Bonchev–Trinajstić information content (AvgIpc) is 2.85. The smallest absolute Gasteiger partial charge is 0.303 e. The Kier molecular flexibility index (Phi) is 4.05. The Balaban J connectivity index is 0.000000224. The number of aliphatic carboxylic acids is 1. The molecule has 2 bridgehead atoms. The van der Waals surface area contributed by atoms with E-state index in [2.05, 4.69) is 20.8 Å². The maximum Gasteiger partial charge on any atom is 0.303 e. The van der Waals surface area contributed by atoms with Crippen molar-refractivity contribution < 1.29 is 9.90 Å². The molecule has 1 heterocycles. The summed E-state index contributed by atoms with van der Waals surface area (Å²) in [5.74, 6) is 0.855. The van der Waals surface area contributed by atoms with E-state index >= 15 is 0 Å². The summed E-state index contributed by atoms with van der Waals surface area (Å²) in [7, 11) is 0. The van der Waals surface area contributed by atoms with Gasteiger partial charge >= 0.3 is 5.97 Å². The lowest BCUT2D eigenvalue weighted by Gasteiger charge is -2.64. The topological polar surface area (TPSA) is 37.3 Å². The van der Waals surface area contributed by atoms with Crippen LogP contribution in [0.25, 0.3) is 0 Å². The van der Waals surface area contributed by atoms with Crippen molar-refractivity contribution in [3.8, 4) is 0 Å². The number of rotatable bonds is 2. The predicted molar refractivity (Wildman–Crippen MR) is 79.3 cm³/mol. The van der Waals surface area contributed by atoms with Gasteiger partial charge in [0.05, 0.1) is 6.42 Å². The zero-order valence-corrected chi connectivity index (χ0v) is 12.9. The molecule has 0 amide bonds. The van der Waals surface area contributed by atoms with E-state index in [1.165, 1.54) is 12.8 Å². The van der Waals surface area contributed by atoms with Gasteiger partial charge in [-0.05, 0) is 52.7 Å². The number of hydrogen-bond donors (Lipinski definition) is 1. The molecule has 0 spiro atoms. The second-order valence-corrected chi connectivity index (χ2v) is 7.68. The third-order valence-electron chi connectivity index (χ3n) is 5.36. The van der Waals surface area contributed by atoms with Gasteiger partial charge in [0.1, 0.15) is 0 Å². The fraction of sp³-hybridized carbons (Fsp3) is 0.688. The van der Waals surface area contributed by atoms with Crippen molar-refractivity contribution in [2.45, 2.75) is 46.5 Å². The van der Waals surface area contributed by atoms with E-state index in [-0.39, 0.29) is 5.41 Å². The van der Waals surface area contributed by atoms with Crippen LogP contribution >= 0.6 is 11.3 Å². The third kappa shape index (κ3) is 2.86. The van der Waals surface area contributed by atoms with E-state index in [9.17, 15) is 4.79 Å². The number of carbonyl (C=O) groups is 1. The van der Waals surface area contributed by atoms with Crippen LogP contribution in [0.4, 0.5) is 0 Å². The molecule has 0 saturated heterocycles. The Bertz CT molecular complexity index is 405. The number of hydrogen-bond acceptors (Lipinski definition) is 2. The summed E-state index contributed by atoms with van der Waals surface area (Å²) in [6.07, 6.45) is 3.95. The normalized spacial score (nSPS) is 34.7. The maximum atomic E-state index is 10.8. The largest absolute Gasteiger partial charge is 0.481 e. The van der Waals surface area contributed by atoms with Gasteiger partial charge in [0.15, 0.2) is 0 Å². The van der Waals surface area contributed by atoms with Gasteiger partial charge in [-0.3, -0.25) is 4.79 Å². The highest BCUT2D eigenvalue weighted by Gasteiger charge is 2.59. The first-order valence-electron chi connectivity index (χ1n) is 7.05. The SMILES string of the molecule is CC1(CC(=O)O)CCC2CC1C2(C)C.c1ccsc1. The molecular weight excluding hydrogens is 256 g/mol. The summed E-state index contributed by atoms with van der Waals surface area (Å²) in [6, 6.07) is 4.04. The molecule has 19 heavy (non-hydrogen) atoms. The Labute approximate surface area is 119 Å². The van der Waals surface area contributed by atoms with Crippen LogP contribution < -0.4 is 0 Å². The zero-order chi connectivity index (χ0) is 14.1. The second-order valence-electron chi connectivity index (χ2n) is 6.86. The van der Waals surface area contributed by atoms with E-state index < -0.39 is 5.97 Å².